The van der Waals surface area contributed by atoms with E-state index < -0.39 is 0 Å². The third kappa shape index (κ3) is 2.19. The lowest BCUT2D eigenvalue weighted by Crippen LogP contribution is -2.41. The van der Waals surface area contributed by atoms with Gasteiger partial charge < -0.3 is 11.1 Å². The van der Waals surface area contributed by atoms with Crippen molar-refractivity contribution < 1.29 is 0 Å². The number of nitrogens with two attached hydrogens (primary N) is 1. The molecule has 0 spiro atoms. The van der Waals surface area contributed by atoms with Crippen LogP contribution in [0.5, 0.6) is 0 Å². The number of hydrogen-bond donors (Lipinski definition) is 2. The van der Waals surface area contributed by atoms with Gasteiger partial charge in [0.2, 0.25) is 0 Å². The van der Waals surface area contributed by atoms with E-state index in [0.29, 0.717) is 5.41 Å². The molecule has 3 N–H and O–H groups in total. The van der Waals surface area contributed by atoms with Gasteiger partial charge in [-0.25, -0.2) is 0 Å². The maximum Gasteiger partial charge on any atom is 0.0270 e. The summed E-state index contributed by atoms with van der Waals surface area (Å²) in [5.74, 6) is 0. The molecule has 1 aliphatic heterocycles. The highest BCUT2D eigenvalue weighted by atomic mass is 14.9. The fourth-order valence-electron chi connectivity index (χ4n) is 2.57. The smallest absolute Gasteiger partial charge is 0.0270 e. The van der Waals surface area contributed by atoms with Crippen LogP contribution in [0.1, 0.15) is 24.8 Å². The molecule has 1 aromatic rings. The number of nitrogens with zero attached hydrogens (tertiary/aromatic N) is 1. The van der Waals surface area contributed by atoms with Gasteiger partial charge >= 0.3 is 0 Å². The first-order valence-corrected chi connectivity index (χ1v) is 5.69. The molecule has 0 aliphatic carbocycles. The van der Waals surface area contributed by atoms with E-state index in [9.17, 15) is 0 Å². The fourth-order valence-corrected chi connectivity index (χ4v) is 2.57. The van der Waals surface area contributed by atoms with E-state index in [4.69, 9.17) is 5.73 Å². The van der Waals surface area contributed by atoms with Crippen molar-refractivity contribution >= 4 is 0 Å². The summed E-state index contributed by atoms with van der Waals surface area (Å²) < 4.78 is 0. The van der Waals surface area contributed by atoms with Crippen LogP contribution < -0.4 is 11.1 Å². The first-order chi connectivity index (χ1) is 7.37. The number of aromatic nitrogens is 1. The van der Waals surface area contributed by atoms with Gasteiger partial charge in [-0.3, -0.25) is 4.98 Å². The molecular formula is C12H19N3. The molecule has 0 atom stereocenters. The van der Waals surface area contributed by atoms with E-state index in [1.165, 1.54) is 18.4 Å². The molecule has 3 heteroatoms. The van der Waals surface area contributed by atoms with Crippen LogP contribution in [0.15, 0.2) is 24.5 Å². The minimum absolute atomic E-state index is 0.295. The van der Waals surface area contributed by atoms with Crippen molar-refractivity contribution in [1.29, 1.82) is 0 Å². The molecule has 15 heavy (non-hydrogen) atoms. The Labute approximate surface area is 91.1 Å². The highest BCUT2D eigenvalue weighted by Gasteiger charge is 2.32. The molecule has 0 bridgehead atoms. The summed E-state index contributed by atoms with van der Waals surface area (Å²) in [5, 5.41) is 3.41. The average molecular weight is 205 g/mol. The van der Waals surface area contributed by atoms with Crippen molar-refractivity contribution in [2.45, 2.75) is 24.7 Å². The second-order valence-electron chi connectivity index (χ2n) is 4.30. The SMILES string of the molecule is NCCC1(c2ccncc2)CCNCC1. The van der Waals surface area contributed by atoms with E-state index in [1.807, 2.05) is 12.4 Å². The minimum Gasteiger partial charge on any atom is -0.330 e. The lowest BCUT2D eigenvalue weighted by atomic mass is 9.71. The number of hydrogen-bond acceptors (Lipinski definition) is 3. The van der Waals surface area contributed by atoms with Crippen molar-refractivity contribution in [1.82, 2.24) is 10.3 Å². The maximum atomic E-state index is 5.75. The van der Waals surface area contributed by atoms with Gasteiger partial charge in [0, 0.05) is 12.4 Å². The quantitative estimate of drug-likeness (QED) is 0.775. The molecule has 1 saturated heterocycles. The largest absolute Gasteiger partial charge is 0.330 e. The predicted octanol–water partition coefficient (Wildman–Crippen LogP) is 1.05. The molecule has 1 aliphatic rings. The van der Waals surface area contributed by atoms with Gasteiger partial charge in [-0.1, -0.05) is 0 Å². The molecule has 0 saturated carbocycles. The predicted molar refractivity (Wildman–Crippen MR) is 61.7 cm³/mol. The zero-order valence-corrected chi connectivity index (χ0v) is 9.08. The number of nitrogens with one attached hydrogen (secondary N) is 1. The van der Waals surface area contributed by atoms with Crippen molar-refractivity contribution in [3.05, 3.63) is 30.1 Å². The van der Waals surface area contributed by atoms with E-state index in [0.717, 1.165) is 26.1 Å². The van der Waals surface area contributed by atoms with E-state index in [-0.39, 0.29) is 0 Å². The van der Waals surface area contributed by atoms with Gasteiger partial charge in [0.05, 0.1) is 0 Å². The molecule has 3 nitrogen and oxygen atoms in total. The van der Waals surface area contributed by atoms with Crippen LogP contribution in [0.3, 0.4) is 0 Å². The van der Waals surface area contributed by atoms with Gasteiger partial charge in [0.1, 0.15) is 0 Å². The first-order valence-electron chi connectivity index (χ1n) is 5.69. The van der Waals surface area contributed by atoms with Gasteiger partial charge in [0.15, 0.2) is 0 Å². The lowest BCUT2D eigenvalue weighted by Gasteiger charge is -2.38. The summed E-state index contributed by atoms with van der Waals surface area (Å²) in [6, 6.07) is 4.28. The molecule has 2 heterocycles. The van der Waals surface area contributed by atoms with Crippen molar-refractivity contribution in [3.8, 4) is 0 Å². The van der Waals surface area contributed by atoms with Crippen LogP contribution in [0.25, 0.3) is 0 Å². The molecular weight excluding hydrogens is 186 g/mol. The number of piperidine rings is 1. The Morgan fingerprint density at radius 3 is 2.53 bits per heavy atom. The van der Waals surface area contributed by atoms with E-state index in [2.05, 4.69) is 22.4 Å². The van der Waals surface area contributed by atoms with Crippen LogP contribution in [0, 0.1) is 0 Å². The highest BCUT2D eigenvalue weighted by Crippen LogP contribution is 2.35. The summed E-state index contributed by atoms with van der Waals surface area (Å²) in [6.07, 6.45) is 7.23. The average Bonchev–Trinajstić information content (AvgIpc) is 2.32. The monoisotopic (exact) mass is 205 g/mol. The summed E-state index contributed by atoms with van der Waals surface area (Å²) in [7, 11) is 0. The third-order valence-electron chi connectivity index (χ3n) is 3.48. The van der Waals surface area contributed by atoms with Gasteiger partial charge in [-0.15, -0.1) is 0 Å². The second kappa shape index (κ2) is 4.73. The third-order valence-corrected chi connectivity index (χ3v) is 3.48. The Bertz CT molecular complexity index is 285. The van der Waals surface area contributed by atoms with E-state index >= 15 is 0 Å². The van der Waals surface area contributed by atoms with Crippen LogP contribution >= 0.6 is 0 Å². The van der Waals surface area contributed by atoms with Crippen LogP contribution in [-0.4, -0.2) is 24.6 Å². The first kappa shape index (κ1) is 10.6. The molecule has 2 rings (SSSR count). The van der Waals surface area contributed by atoms with E-state index in [1.54, 1.807) is 0 Å². The lowest BCUT2D eigenvalue weighted by molar-refractivity contribution is 0.291. The molecule has 0 amide bonds. The molecule has 1 fully saturated rings. The normalized spacial score (nSPS) is 20.1. The van der Waals surface area contributed by atoms with Crippen LogP contribution in [0.4, 0.5) is 0 Å². The standard InChI is InChI=1S/C12H19N3/c13-6-3-12(4-9-15-10-5-12)11-1-7-14-8-2-11/h1-2,7-8,15H,3-6,9-10,13H2. The summed E-state index contributed by atoms with van der Waals surface area (Å²) in [5.41, 5.74) is 7.45. The topological polar surface area (TPSA) is 50.9 Å². The highest BCUT2D eigenvalue weighted by molar-refractivity contribution is 5.23. The van der Waals surface area contributed by atoms with Crippen LogP contribution in [-0.2, 0) is 5.41 Å². The van der Waals surface area contributed by atoms with Crippen molar-refractivity contribution in [2.75, 3.05) is 19.6 Å². The van der Waals surface area contributed by atoms with Crippen molar-refractivity contribution in [2.24, 2.45) is 5.73 Å². The molecule has 0 unspecified atom stereocenters. The van der Waals surface area contributed by atoms with Gasteiger partial charge in [-0.2, -0.15) is 0 Å². The minimum atomic E-state index is 0.295. The fraction of sp³-hybridized carbons (Fsp3) is 0.583. The van der Waals surface area contributed by atoms with Gasteiger partial charge in [-0.05, 0) is 62.0 Å². The number of pyridine rings is 1. The summed E-state index contributed by atoms with van der Waals surface area (Å²) in [4.78, 5) is 4.08. The Kier molecular flexibility index (Phi) is 3.34. The second-order valence-corrected chi connectivity index (χ2v) is 4.30. The van der Waals surface area contributed by atoms with Crippen molar-refractivity contribution in [3.63, 3.8) is 0 Å². The van der Waals surface area contributed by atoms with Crippen LogP contribution in [0.2, 0.25) is 0 Å². The van der Waals surface area contributed by atoms with Gasteiger partial charge in [0.25, 0.3) is 0 Å². The molecule has 82 valence electrons. The molecule has 0 aromatic carbocycles. The summed E-state index contributed by atoms with van der Waals surface area (Å²) >= 11 is 0. The maximum absolute atomic E-state index is 5.75. The zero-order valence-electron chi connectivity index (χ0n) is 9.08. The molecule has 0 radical (unpaired) electrons. The number of rotatable bonds is 3. The Morgan fingerprint density at radius 2 is 1.93 bits per heavy atom. The molecule has 1 aromatic heterocycles. The summed E-state index contributed by atoms with van der Waals surface area (Å²) in [6.45, 7) is 2.97. The Morgan fingerprint density at radius 1 is 1.27 bits per heavy atom. The Hall–Kier alpha value is -0.930. The zero-order chi connectivity index (χ0) is 10.6. The Balaban J connectivity index is 2.25.